The smallest absolute Gasteiger partial charge is 0.303 e. The van der Waals surface area contributed by atoms with Crippen LogP contribution in [0.25, 0.3) is 0 Å². The molecular formula is C11H20O2. The molecule has 0 radical (unpaired) electrons. The van der Waals surface area contributed by atoms with E-state index in [-0.39, 0.29) is 0 Å². The van der Waals surface area contributed by atoms with E-state index in [2.05, 4.69) is 13.8 Å². The van der Waals surface area contributed by atoms with Crippen molar-refractivity contribution in [3.8, 4) is 0 Å². The Kier molecular flexibility index (Phi) is 3.76. The first kappa shape index (κ1) is 10.6. The number of aliphatic carboxylic acids is 1. The first-order valence-corrected chi connectivity index (χ1v) is 5.35. The van der Waals surface area contributed by atoms with E-state index in [4.69, 9.17) is 5.11 Å². The van der Waals surface area contributed by atoms with Gasteiger partial charge in [0.1, 0.15) is 0 Å². The zero-order chi connectivity index (χ0) is 9.84. The Labute approximate surface area is 80.3 Å². The quantitative estimate of drug-likeness (QED) is 0.732. The van der Waals surface area contributed by atoms with Crippen molar-refractivity contribution in [2.45, 2.75) is 46.0 Å². The minimum atomic E-state index is -0.631. The molecule has 0 spiro atoms. The number of hydrogen-bond acceptors (Lipinski definition) is 1. The van der Waals surface area contributed by atoms with Crippen molar-refractivity contribution in [3.63, 3.8) is 0 Å². The van der Waals surface area contributed by atoms with Crippen LogP contribution in [0.4, 0.5) is 0 Å². The summed E-state index contributed by atoms with van der Waals surface area (Å²) in [6.45, 7) is 4.40. The van der Waals surface area contributed by atoms with Gasteiger partial charge in [0.2, 0.25) is 0 Å². The lowest BCUT2D eigenvalue weighted by Gasteiger charge is -2.33. The number of rotatable bonds is 3. The molecule has 1 aliphatic carbocycles. The van der Waals surface area contributed by atoms with Gasteiger partial charge in [0.15, 0.2) is 0 Å². The molecular weight excluding hydrogens is 164 g/mol. The Bertz CT molecular complexity index is 177. The normalized spacial score (nSPS) is 34.5. The van der Waals surface area contributed by atoms with Crippen LogP contribution in [0, 0.1) is 17.8 Å². The summed E-state index contributed by atoms with van der Waals surface area (Å²) in [5.74, 6) is 1.18. The van der Waals surface area contributed by atoms with Gasteiger partial charge in [-0.2, -0.15) is 0 Å². The number of hydrogen-bond donors (Lipinski definition) is 1. The van der Waals surface area contributed by atoms with E-state index >= 15 is 0 Å². The van der Waals surface area contributed by atoms with Crippen LogP contribution in [0.3, 0.4) is 0 Å². The van der Waals surface area contributed by atoms with Gasteiger partial charge in [-0.3, -0.25) is 4.79 Å². The number of carboxylic acid groups (broad SMARTS) is 1. The lowest BCUT2D eigenvalue weighted by Crippen LogP contribution is -2.24. The van der Waals surface area contributed by atoms with Crippen molar-refractivity contribution in [1.82, 2.24) is 0 Å². The van der Waals surface area contributed by atoms with Gasteiger partial charge < -0.3 is 5.11 Å². The zero-order valence-corrected chi connectivity index (χ0v) is 8.62. The van der Waals surface area contributed by atoms with Crippen LogP contribution in [0.2, 0.25) is 0 Å². The SMILES string of the molecule is CCC1CCC(C)C(CC(=O)O)C1. The molecule has 76 valence electrons. The number of carbonyl (C=O) groups is 1. The van der Waals surface area contributed by atoms with Crippen molar-refractivity contribution >= 4 is 5.97 Å². The Balaban J connectivity index is 2.44. The van der Waals surface area contributed by atoms with Gasteiger partial charge >= 0.3 is 5.97 Å². The third-order valence-electron chi connectivity index (χ3n) is 3.49. The van der Waals surface area contributed by atoms with Crippen molar-refractivity contribution in [1.29, 1.82) is 0 Å². The first-order valence-electron chi connectivity index (χ1n) is 5.35. The Hall–Kier alpha value is -0.530. The predicted octanol–water partition coefficient (Wildman–Crippen LogP) is 2.92. The van der Waals surface area contributed by atoms with Gasteiger partial charge in [0.05, 0.1) is 0 Å². The van der Waals surface area contributed by atoms with Crippen molar-refractivity contribution in [3.05, 3.63) is 0 Å². The van der Waals surface area contributed by atoms with Gasteiger partial charge in [-0.15, -0.1) is 0 Å². The van der Waals surface area contributed by atoms with Crippen LogP contribution >= 0.6 is 0 Å². The Morgan fingerprint density at radius 2 is 2.15 bits per heavy atom. The lowest BCUT2D eigenvalue weighted by atomic mass is 9.73. The summed E-state index contributed by atoms with van der Waals surface area (Å²) in [5, 5.41) is 8.74. The Morgan fingerprint density at radius 3 is 2.69 bits per heavy atom. The van der Waals surface area contributed by atoms with Gasteiger partial charge in [-0.1, -0.05) is 33.1 Å². The summed E-state index contributed by atoms with van der Waals surface area (Å²) in [5.41, 5.74) is 0. The highest BCUT2D eigenvalue weighted by Gasteiger charge is 2.28. The standard InChI is InChI=1S/C11H20O2/c1-3-9-5-4-8(2)10(6-9)7-11(12)13/h8-10H,3-7H2,1-2H3,(H,12,13). The van der Waals surface area contributed by atoms with Crippen LogP contribution in [0.5, 0.6) is 0 Å². The molecule has 0 saturated heterocycles. The molecule has 3 atom stereocenters. The molecule has 1 N–H and O–H groups in total. The first-order chi connectivity index (χ1) is 6.13. The summed E-state index contributed by atoms with van der Waals surface area (Å²) in [4.78, 5) is 10.6. The van der Waals surface area contributed by atoms with Gasteiger partial charge in [-0.25, -0.2) is 0 Å². The average molecular weight is 184 g/mol. The van der Waals surface area contributed by atoms with Crippen molar-refractivity contribution < 1.29 is 9.90 Å². The maximum absolute atomic E-state index is 10.6. The van der Waals surface area contributed by atoms with Crippen LogP contribution in [0.1, 0.15) is 46.0 Å². The second kappa shape index (κ2) is 4.64. The van der Waals surface area contributed by atoms with Crippen molar-refractivity contribution in [2.75, 3.05) is 0 Å². The van der Waals surface area contributed by atoms with E-state index in [1.165, 1.54) is 19.3 Å². The van der Waals surface area contributed by atoms with Crippen LogP contribution < -0.4 is 0 Å². The minimum Gasteiger partial charge on any atom is -0.481 e. The highest BCUT2D eigenvalue weighted by atomic mass is 16.4. The zero-order valence-electron chi connectivity index (χ0n) is 8.62. The fraction of sp³-hybridized carbons (Fsp3) is 0.909. The second-order valence-corrected chi connectivity index (χ2v) is 4.42. The van der Waals surface area contributed by atoms with E-state index < -0.39 is 5.97 Å². The Morgan fingerprint density at radius 1 is 1.46 bits per heavy atom. The molecule has 0 aromatic heterocycles. The highest BCUT2D eigenvalue weighted by Crippen LogP contribution is 2.36. The van der Waals surface area contributed by atoms with E-state index in [0.29, 0.717) is 18.3 Å². The molecule has 2 heteroatoms. The number of carboxylic acids is 1. The average Bonchev–Trinajstić information content (AvgIpc) is 2.08. The predicted molar refractivity (Wildman–Crippen MR) is 52.5 cm³/mol. The van der Waals surface area contributed by atoms with Gasteiger partial charge in [0, 0.05) is 6.42 Å². The maximum Gasteiger partial charge on any atom is 0.303 e. The molecule has 0 aromatic carbocycles. The van der Waals surface area contributed by atoms with Gasteiger partial charge in [-0.05, 0) is 24.2 Å². The molecule has 2 nitrogen and oxygen atoms in total. The monoisotopic (exact) mass is 184 g/mol. The third-order valence-corrected chi connectivity index (χ3v) is 3.49. The maximum atomic E-state index is 10.6. The summed E-state index contributed by atoms with van der Waals surface area (Å²) in [7, 11) is 0. The van der Waals surface area contributed by atoms with Crippen LogP contribution in [-0.2, 0) is 4.79 Å². The molecule has 3 unspecified atom stereocenters. The van der Waals surface area contributed by atoms with Crippen molar-refractivity contribution in [2.24, 2.45) is 17.8 Å². The summed E-state index contributed by atoms with van der Waals surface area (Å²) in [6, 6.07) is 0. The molecule has 0 aromatic rings. The summed E-state index contributed by atoms with van der Waals surface area (Å²) >= 11 is 0. The second-order valence-electron chi connectivity index (χ2n) is 4.42. The molecule has 1 fully saturated rings. The minimum absolute atomic E-state index is 0.373. The van der Waals surface area contributed by atoms with E-state index in [1.54, 1.807) is 0 Å². The largest absolute Gasteiger partial charge is 0.481 e. The van der Waals surface area contributed by atoms with E-state index in [0.717, 1.165) is 12.3 Å². The molecule has 0 bridgehead atoms. The van der Waals surface area contributed by atoms with E-state index in [1.807, 2.05) is 0 Å². The fourth-order valence-electron chi connectivity index (χ4n) is 2.39. The lowest BCUT2D eigenvalue weighted by molar-refractivity contribution is -0.139. The molecule has 1 saturated carbocycles. The molecule has 1 aliphatic rings. The fourth-order valence-corrected chi connectivity index (χ4v) is 2.39. The summed E-state index contributed by atoms with van der Waals surface area (Å²) < 4.78 is 0. The molecule has 0 heterocycles. The van der Waals surface area contributed by atoms with Gasteiger partial charge in [0.25, 0.3) is 0 Å². The molecule has 0 aliphatic heterocycles. The van der Waals surface area contributed by atoms with Crippen LogP contribution in [-0.4, -0.2) is 11.1 Å². The molecule has 1 rings (SSSR count). The van der Waals surface area contributed by atoms with Crippen LogP contribution in [0.15, 0.2) is 0 Å². The van der Waals surface area contributed by atoms with E-state index in [9.17, 15) is 4.79 Å². The topological polar surface area (TPSA) is 37.3 Å². The highest BCUT2D eigenvalue weighted by molar-refractivity contribution is 5.67. The molecule has 0 amide bonds. The summed E-state index contributed by atoms with van der Waals surface area (Å²) in [6.07, 6.45) is 5.23. The molecule has 13 heavy (non-hydrogen) atoms. The third kappa shape index (κ3) is 3.02.